The fourth-order valence-corrected chi connectivity index (χ4v) is 4.47. The Bertz CT molecular complexity index is 655. The molecule has 0 bridgehead atoms. The Labute approximate surface area is 150 Å². The van der Waals surface area contributed by atoms with E-state index in [4.69, 9.17) is 11.6 Å². The maximum absolute atomic E-state index is 12.0. The lowest BCUT2D eigenvalue weighted by Gasteiger charge is -2.29. The Kier molecular flexibility index (Phi) is 5.86. The first-order chi connectivity index (χ1) is 11.2. The van der Waals surface area contributed by atoms with Crippen LogP contribution in [0.25, 0.3) is 0 Å². The zero-order chi connectivity index (χ0) is 16.1. The average Bonchev–Trinajstić information content (AvgIpc) is 3.07. The van der Waals surface area contributed by atoms with Crippen LogP contribution in [0.5, 0.6) is 0 Å². The number of carbonyl (C=O) groups excluding carboxylic acids is 1. The van der Waals surface area contributed by atoms with Crippen LogP contribution in [0.3, 0.4) is 0 Å². The molecule has 1 aliphatic rings. The number of amides is 1. The summed E-state index contributed by atoms with van der Waals surface area (Å²) < 4.78 is 0. The van der Waals surface area contributed by atoms with Crippen molar-refractivity contribution in [3.8, 4) is 0 Å². The van der Waals surface area contributed by atoms with E-state index in [9.17, 15) is 4.79 Å². The monoisotopic (exact) mass is 366 g/mol. The van der Waals surface area contributed by atoms with Crippen molar-refractivity contribution in [2.24, 2.45) is 0 Å². The molecule has 1 aliphatic heterocycles. The van der Waals surface area contributed by atoms with Crippen LogP contribution in [-0.2, 0) is 11.2 Å². The summed E-state index contributed by atoms with van der Waals surface area (Å²) in [6.45, 7) is 2.05. The average molecular weight is 367 g/mol. The van der Waals surface area contributed by atoms with Crippen molar-refractivity contribution in [3.63, 3.8) is 0 Å². The molecule has 1 aromatic carbocycles. The van der Waals surface area contributed by atoms with Gasteiger partial charge in [-0.15, -0.1) is 11.3 Å². The van der Waals surface area contributed by atoms with Gasteiger partial charge >= 0.3 is 0 Å². The second-order valence-electron chi connectivity index (χ2n) is 5.39. The largest absolute Gasteiger partial charge is 0.369 e. The van der Waals surface area contributed by atoms with Crippen molar-refractivity contribution < 1.29 is 4.79 Å². The molecule has 0 aliphatic carbocycles. The van der Waals surface area contributed by atoms with Crippen LogP contribution in [0.4, 0.5) is 11.4 Å². The molecule has 1 saturated heterocycles. The van der Waals surface area contributed by atoms with E-state index in [1.807, 2.05) is 41.4 Å². The Morgan fingerprint density at radius 2 is 2.09 bits per heavy atom. The van der Waals surface area contributed by atoms with Crippen LogP contribution in [0.15, 0.2) is 35.7 Å². The van der Waals surface area contributed by atoms with Crippen molar-refractivity contribution in [2.75, 3.05) is 34.8 Å². The molecule has 0 unspecified atom stereocenters. The molecule has 1 fully saturated rings. The number of carbonyl (C=O) groups is 1. The summed E-state index contributed by atoms with van der Waals surface area (Å²) in [7, 11) is 0. The molecule has 2 aromatic rings. The number of hydrogen-bond acceptors (Lipinski definition) is 4. The van der Waals surface area contributed by atoms with Gasteiger partial charge in [0.2, 0.25) is 5.91 Å². The van der Waals surface area contributed by atoms with Crippen LogP contribution in [-0.4, -0.2) is 30.5 Å². The molecule has 0 spiro atoms. The highest BCUT2D eigenvalue weighted by atomic mass is 35.5. The highest BCUT2D eigenvalue weighted by Gasteiger charge is 2.14. The number of thiophene rings is 1. The predicted octanol–water partition coefficient (Wildman–Crippen LogP) is 4.53. The Hall–Kier alpha value is -1.17. The van der Waals surface area contributed by atoms with E-state index in [1.165, 1.54) is 4.88 Å². The van der Waals surface area contributed by atoms with E-state index in [0.29, 0.717) is 11.4 Å². The third kappa shape index (κ3) is 4.66. The van der Waals surface area contributed by atoms with Gasteiger partial charge in [0.05, 0.1) is 10.7 Å². The number of benzene rings is 1. The molecule has 0 atom stereocenters. The third-order valence-electron chi connectivity index (χ3n) is 3.76. The van der Waals surface area contributed by atoms with Gasteiger partial charge < -0.3 is 10.2 Å². The molecule has 0 radical (unpaired) electrons. The summed E-state index contributed by atoms with van der Waals surface area (Å²) in [5.74, 6) is 2.30. The summed E-state index contributed by atoms with van der Waals surface area (Å²) in [5, 5.41) is 5.67. The fourth-order valence-electron chi connectivity index (χ4n) is 2.56. The lowest BCUT2D eigenvalue weighted by Crippen LogP contribution is -2.32. The maximum Gasteiger partial charge on any atom is 0.224 e. The Balaban J connectivity index is 1.57. The number of halogens is 1. The number of anilines is 2. The maximum atomic E-state index is 12.0. The Morgan fingerprint density at radius 1 is 1.26 bits per heavy atom. The summed E-state index contributed by atoms with van der Waals surface area (Å²) in [4.78, 5) is 15.6. The first-order valence-corrected chi connectivity index (χ1v) is 10.1. The van der Waals surface area contributed by atoms with Gasteiger partial charge in [-0.1, -0.05) is 17.7 Å². The molecule has 122 valence electrons. The summed E-state index contributed by atoms with van der Waals surface area (Å²) >= 11 is 10.1. The summed E-state index contributed by atoms with van der Waals surface area (Å²) in [6.07, 6.45) is 1.27. The predicted molar refractivity (Wildman–Crippen MR) is 102 cm³/mol. The minimum absolute atomic E-state index is 0.0246. The van der Waals surface area contributed by atoms with Crippen molar-refractivity contribution in [1.82, 2.24) is 0 Å². The topological polar surface area (TPSA) is 32.3 Å². The highest BCUT2D eigenvalue weighted by molar-refractivity contribution is 7.99. The van der Waals surface area contributed by atoms with Crippen molar-refractivity contribution in [1.29, 1.82) is 0 Å². The van der Waals surface area contributed by atoms with Gasteiger partial charge in [0.1, 0.15) is 0 Å². The normalized spacial score (nSPS) is 14.7. The van der Waals surface area contributed by atoms with Gasteiger partial charge in [0.25, 0.3) is 0 Å². The van der Waals surface area contributed by atoms with Crippen molar-refractivity contribution in [2.45, 2.75) is 12.8 Å². The molecular weight excluding hydrogens is 348 g/mol. The van der Waals surface area contributed by atoms with E-state index < -0.39 is 0 Å². The number of thioether (sulfide) groups is 1. The third-order valence-corrected chi connectivity index (χ3v) is 5.94. The molecule has 1 N–H and O–H groups in total. The first kappa shape index (κ1) is 16.7. The minimum atomic E-state index is 0.0246. The van der Waals surface area contributed by atoms with E-state index >= 15 is 0 Å². The minimum Gasteiger partial charge on any atom is -0.369 e. The Morgan fingerprint density at radius 3 is 2.78 bits per heavy atom. The molecule has 3 nitrogen and oxygen atoms in total. The molecule has 1 amide bonds. The number of aryl methyl sites for hydroxylation is 1. The summed E-state index contributed by atoms with van der Waals surface area (Å²) in [5.41, 5.74) is 1.82. The van der Waals surface area contributed by atoms with Crippen LogP contribution in [0.1, 0.15) is 11.3 Å². The quantitative estimate of drug-likeness (QED) is 0.843. The van der Waals surface area contributed by atoms with Crippen molar-refractivity contribution in [3.05, 3.63) is 45.6 Å². The summed E-state index contributed by atoms with van der Waals surface area (Å²) in [6, 6.07) is 9.86. The van der Waals surface area contributed by atoms with E-state index in [1.54, 1.807) is 11.3 Å². The lowest BCUT2D eigenvalue weighted by atomic mass is 10.2. The van der Waals surface area contributed by atoms with E-state index in [0.717, 1.165) is 42.4 Å². The number of hydrogen-bond donors (Lipinski definition) is 1. The SMILES string of the molecule is O=C(CCc1cccs1)Nc1ccc(N2CCSCC2)c(Cl)c1. The molecule has 3 rings (SSSR count). The fraction of sp³-hybridized carbons (Fsp3) is 0.353. The van der Waals surface area contributed by atoms with Crippen LogP contribution in [0.2, 0.25) is 5.02 Å². The lowest BCUT2D eigenvalue weighted by molar-refractivity contribution is -0.116. The molecule has 6 heteroatoms. The van der Waals surface area contributed by atoms with Gasteiger partial charge in [0.15, 0.2) is 0 Å². The van der Waals surface area contributed by atoms with Gasteiger partial charge in [-0.2, -0.15) is 11.8 Å². The van der Waals surface area contributed by atoms with E-state index in [2.05, 4.69) is 16.3 Å². The molecule has 23 heavy (non-hydrogen) atoms. The number of nitrogens with one attached hydrogen (secondary N) is 1. The zero-order valence-electron chi connectivity index (χ0n) is 12.8. The number of nitrogens with zero attached hydrogens (tertiary/aromatic N) is 1. The van der Waals surface area contributed by atoms with Crippen molar-refractivity contribution >= 4 is 52.0 Å². The molecule has 2 heterocycles. The van der Waals surface area contributed by atoms with Crippen LogP contribution < -0.4 is 10.2 Å². The van der Waals surface area contributed by atoms with Gasteiger partial charge in [-0.25, -0.2) is 0 Å². The number of rotatable bonds is 5. The molecule has 1 aromatic heterocycles. The van der Waals surface area contributed by atoms with Crippen LogP contribution >= 0.6 is 34.7 Å². The van der Waals surface area contributed by atoms with Gasteiger partial charge in [0, 0.05) is 41.6 Å². The zero-order valence-corrected chi connectivity index (χ0v) is 15.1. The smallest absolute Gasteiger partial charge is 0.224 e. The van der Waals surface area contributed by atoms with Gasteiger partial charge in [-0.05, 0) is 36.1 Å². The molecule has 0 saturated carbocycles. The second kappa shape index (κ2) is 8.08. The standard InChI is InChI=1S/C17H19ClN2OS2/c18-15-12-13(3-5-16(15)20-7-10-22-11-8-20)19-17(21)6-4-14-2-1-9-23-14/h1-3,5,9,12H,4,6-8,10-11H2,(H,19,21). The van der Waals surface area contributed by atoms with E-state index in [-0.39, 0.29) is 5.91 Å². The highest BCUT2D eigenvalue weighted by Crippen LogP contribution is 2.30. The second-order valence-corrected chi connectivity index (χ2v) is 8.06. The van der Waals surface area contributed by atoms with Crippen LogP contribution in [0, 0.1) is 0 Å². The van der Waals surface area contributed by atoms with Gasteiger partial charge in [-0.3, -0.25) is 4.79 Å². The first-order valence-electron chi connectivity index (χ1n) is 7.67. The molecular formula is C17H19ClN2OS2.